The highest BCUT2D eigenvalue weighted by molar-refractivity contribution is 6.30. The first-order valence-electron chi connectivity index (χ1n) is 7.68. The van der Waals surface area contributed by atoms with Gasteiger partial charge in [-0.25, -0.2) is 4.68 Å². The number of amides is 1. The smallest absolute Gasteiger partial charge is 0.272 e. The first-order chi connectivity index (χ1) is 11.5. The van der Waals surface area contributed by atoms with Crippen LogP contribution in [0.3, 0.4) is 0 Å². The van der Waals surface area contributed by atoms with E-state index in [-0.39, 0.29) is 23.2 Å². The Labute approximate surface area is 145 Å². The maximum Gasteiger partial charge on any atom is 0.272 e. The number of benzene rings is 1. The van der Waals surface area contributed by atoms with Gasteiger partial charge in [0.2, 0.25) is 0 Å². The third-order valence-corrected chi connectivity index (χ3v) is 3.84. The van der Waals surface area contributed by atoms with Crippen LogP contribution in [0, 0.1) is 0 Å². The van der Waals surface area contributed by atoms with E-state index in [4.69, 9.17) is 16.3 Å². The molecule has 0 aliphatic heterocycles. The Morgan fingerprint density at radius 1 is 1.29 bits per heavy atom. The summed E-state index contributed by atoms with van der Waals surface area (Å²) in [5.41, 5.74) is 0.884. The van der Waals surface area contributed by atoms with Crippen molar-refractivity contribution in [2.24, 2.45) is 0 Å². The van der Waals surface area contributed by atoms with Gasteiger partial charge in [0, 0.05) is 18.2 Å². The topological polar surface area (TPSA) is 73.2 Å². The molecule has 0 saturated carbocycles. The lowest BCUT2D eigenvalue weighted by Gasteiger charge is -2.17. The molecule has 128 valence electrons. The second kappa shape index (κ2) is 8.61. The molecule has 0 saturated heterocycles. The van der Waals surface area contributed by atoms with Crippen LogP contribution in [0.2, 0.25) is 5.02 Å². The number of methoxy groups -OCH3 is 1. The highest BCUT2D eigenvalue weighted by Gasteiger charge is 2.16. The maximum absolute atomic E-state index is 12.4. The van der Waals surface area contributed by atoms with Crippen LogP contribution in [0.4, 0.5) is 0 Å². The summed E-state index contributed by atoms with van der Waals surface area (Å²) in [7, 11) is 1.54. The molecule has 0 bridgehead atoms. The summed E-state index contributed by atoms with van der Waals surface area (Å²) in [6.07, 6.45) is 0.719. The second-order valence-corrected chi connectivity index (χ2v) is 5.70. The van der Waals surface area contributed by atoms with E-state index in [1.807, 2.05) is 19.1 Å². The van der Waals surface area contributed by atoms with E-state index in [9.17, 15) is 9.59 Å². The molecule has 0 aliphatic rings. The third kappa shape index (κ3) is 4.66. The molecule has 2 aromatic rings. The van der Waals surface area contributed by atoms with Crippen molar-refractivity contribution in [1.82, 2.24) is 15.1 Å². The van der Waals surface area contributed by atoms with Crippen molar-refractivity contribution in [3.05, 3.63) is 63.0 Å². The molecule has 24 heavy (non-hydrogen) atoms. The summed E-state index contributed by atoms with van der Waals surface area (Å²) in [6.45, 7) is 2.62. The van der Waals surface area contributed by atoms with Gasteiger partial charge in [-0.1, -0.05) is 30.7 Å². The van der Waals surface area contributed by atoms with Gasteiger partial charge in [0.15, 0.2) is 0 Å². The Kier molecular flexibility index (Phi) is 6.52. The number of nitrogens with zero attached hydrogens (tertiary/aromatic N) is 2. The number of hydrogen-bond donors (Lipinski definition) is 1. The predicted molar refractivity (Wildman–Crippen MR) is 92.3 cm³/mol. The first-order valence-corrected chi connectivity index (χ1v) is 8.06. The molecular formula is C17H20ClN3O3. The van der Waals surface area contributed by atoms with Crippen LogP contribution in [-0.2, 0) is 11.3 Å². The lowest BCUT2D eigenvalue weighted by Crippen LogP contribution is -2.32. The first kappa shape index (κ1) is 18.2. The predicted octanol–water partition coefficient (Wildman–Crippen LogP) is 2.42. The van der Waals surface area contributed by atoms with E-state index in [1.165, 1.54) is 16.8 Å². The Morgan fingerprint density at radius 2 is 2.00 bits per heavy atom. The molecular weight excluding hydrogens is 330 g/mol. The van der Waals surface area contributed by atoms with Gasteiger partial charge in [-0.15, -0.1) is 0 Å². The average Bonchev–Trinajstić information content (AvgIpc) is 2.59. The molecule has 0 aliphatic carbocycles. The van der Waals surface area contributed by atoms with Crippen LogP contribution in [0.1, 0.15) is 35.4 Å². The zero-order valence-electron chi connectivity index (χ0n) is 13.7. The van der Waals surface area contributed by atoms with E-state index in [2.05, 4.69) is 10.4 Å². The minimum absolute atomic E-state index is 0.157. The molecule has 1 N–H and O–H groups in total. The molecule has 0 spiro atoms. The molecule has 6 nitrogen and oxygen atoms in total. The number of nitrogens with one attached hydrogen (secondary N) is 1. The number of carbonyl (C=O) groups is 1. The highest BCUT2D eigenvalue weighted by Crippen LogP contribution is 2.19. The molecule has 1 aromatic heterocycles. The van der Waals surface area contributed by atoms with Crippen molar-refractivity contribution >= 4 is 17.5 Å². The van der Waals surface area contributed by atoms with Crippen LogP contribution in [-0.4, -0.2) is 29.4 Å². The number of carbonyl (C=O) groups excluding carboxylic acids is 1. The maximum atomic E-state index is 12.4. The zero-order chi connectivity index (χ0) is 17.5. The Balaban J connectivity index is 2.15. The molecule has 1 unspecified atom stereocenters. The fourth-order valence-electron chi connectivity index (χ4n) is 2.26. The molecule has 0 radical (unpaired) electrons. The van der Waals surface area contributed by atoms with Crippen molar-refractivity contribution < 1.29 is 9.53 Å². The zero-order valence-corrected chi connectivity index (χ0v) is 14.4. The molecule has 1 amide bonds. The van der Waals surface area contributed by atoms with Gasteiger partial charge in [-0.3, -0.25) is 9.59 Å². The van der Waals surface area contributed by atoms with E-state index in [0.29, 0.717) is 18.2 Å². The number of hydrogen-bond acceptors (Lipinski definition) is 4. The molecule has 1 atom stereocenters. The molecule has 0 fully saturated rings. The highest BCUT2D eigenvalue weighted by atomic mass is 35.5. The minimum Gasteiger partial charge on any atom is -0.383 e. The normalized spacial score (nSPS) is 12.0. The van der Waals surface area contributed by atoms with Crippen LogP contribution in [0.15, 0.2) is 41.2 Å². The van der Waals surface area contributed by atoms with Crippen molar-refractivity contribution in [3.8, 4) is 0 Å². The Bertz CT molecular complexity index is 743. The van der Waals surface area contributed by atoms with Crippen molar-refractivity contribution in [2.75, 3.05) is 13.7 Å². The summed E-state index contributed by atoms with van der Waals surface area (Å²) in [5.74, 6) is -0.331. The van der Waals surface area contributed by atoms with Crippen LogP contribution >= 0.6 is 11.6 Å². The van der Waals surface area contributed by atoms with Crippen molar-refractivity contribution in [2.45, 2.75) is 25.9 Å². The van der Waals surface area contributed by atoms with E-state index in [0.717, 1.165) is 12.0 Å². The van der Waals surface area contributed by atoms with Crippen LogP contribution in [0.25, 0.3) is 0 Å². The molecule has 7 heteroatoms. The summed E-state index contributed by atoms with van der Waals surface area (Å²) >= 11 is 5.90. The Morgan fingerprint density at radius 3 is 2.62 bits per heavy atom. The number of rotatable bonds is 7. The number of aromatic nitrogens is 2. The lowest BCUT2D eigenvalue weighted by molar-refractivity contribution is 0.0927. The van der Waals surface area contributed by atoms with Gasteiger partial charge in [0.05, 0.1) is 19.2 Å². The van der Waals surface area contributed by atoms with E-state index < -0.39 is 0 Å². The largest absolute Gasteiger partial charge is 0.383 e. The molecule has 2 rings (SSSR count). The minimum atomic E-state index is -0.331. The van der Waals surface area contributed by atoms with E-state index in [1.54, 1.807) is 19.2 Å². The molecule has 1 aromatic carbocycles. The summed E-state index contributed by atoms with van der Waals surface area (Å²) < 4.78 is 6.16. The monoisotopic (exact) mass is 349 g/mol. The summed E-state index contributed by atoms with van der Waals surface area (Å²) in [6, 6.07) is 9.93. The molecule has 1 heterocycles. The Hall–Kier alpha value is -2.18. The van der Waals surface area contributed by atoms with Crippen molar-refractivity contribution in [1.29, 1.82) is 0 Å². The van der Waals surface area contributed by atoms with Gasteiger partial charge < -0.3 is 10.1 Å². The summed E-state index contributed by atoms with van der Waals surface area (Å²) in [4.78, 5) is 24.2. The standard InChI is InChI=1S/C17H20ClN3O3/c1-3-14(12-4-6-13(18)7-5-12)19-17(23)15-8-9-16(22)21(20-15)10-11-24-2/h4-9,14H,3,10-11H2,1-2H3,(H,19,23). The van der Waals surface area contributed by atoms with Crippen molar-refractivity contribution in [3.63, 3.8) is 0 Å². The lowest BCUT2D eigenvalue weighted by atomic mass is 10.0. The van der Waals surface area contributed by atoms with Gasteiger partial charge in [0.25, 0.3) is 11.5 Å². The average molecular weight is 350 g/mol. The van der Waals surface area contributed by atoms with Gasteiger partial charge >= 0.3 is 0 Å². The van der Waals surface area contributed by atoms with E-state index >= 15 is 0 Å². The third-order valence-electron chi connectivity index (χ3n) is 3.59. The van der Waals surface area contributed by atoms with Gasteiger partial charge in [0.1, 0.15) is 5.69 Å². The SMILES string of the molecule is CCC(NC(=O)c1ccc(=O)n(CCOC)n1)c1ccc(Cl)cc1. The fourth-order valence-corrected chi connectivity index (χ4v) is 2.38. The second-order valence-electron chi connectivity index (χ2n) is 5.26. The number of halogens is 1. The fraction of sp³-hybridized carbons (Fsp3) is 0.353. The van der Waals surface area contributed by atoms with Gasteiger partial charge in [-0.2, -0.15) is 5.10 Å². The van der Waals surface area contributed by atoms with Crippen LogP contribution < -0.4 is 10.9 Å². The van der Waals surface area contributed by atoms with Crippen LogP contribution in [0.5, 0.6) is 0 Å². The summed E-state index contributed by atoms with van der Waals surface area (Å²) in [5, 5.41) is 7.67. The van der Waals surface area contributed by atoms with Gasteiger partial charge in [-0.05, 0) is 30.2 Å². The number of ether oxygens (including phenoxy) is 1. The quantitative estimate of drug-likeness (QED) is 0.833.